The number of halogens is 1. The van der Waals surface area contributed by atoms with Crippen molar-refractivity contribution in [3.63, 3.8) is 0 Å². The quantitative estimate of drug-likeness (QED) is 0.529. The molecule has 46 valence electrons. The summed E-state index contributed by atoms with van der Waals surface area (Å²) in [5.41, 5.74) is 0. The fourth-order valence-corrected chi connectivity index (χ4v) is 2.14. The van der Waals surface area contributed by atoms with E-state index in [0.717, 1.165) is 18.6 Å². The predicted octanol–water partition coefficient (Wildman–Crippen LogP) is 1.65. The highest BCUT2D eigenvalue weighted by molar-refractivity contribution is 8.01. The van der Waals surface area contributed by atoms with Crippen LogP contribution in [0, 0.1) is 0 Å². The molecule has 0 aliphatic carbocycles. The molecular formula is C5H7ClOS. The fraction of sp³-hybridized carbons (Fsp3) is 0.800. The minimum atomic E-state index is -0.174. The van der Waals surface area contributed by atoms with Gasteiger partial charge in [0.05, 0.1) is 5.25 Å². The monoisotopic (exact) mass is 150 g/mol. The van der Waals surface area contributed by atoms with Gasteiger partial charge in [0.15, 0.2) is 0 Å². The molecule has 1 atom stereocenters. The summed E-state index contributed by atoms with van der Waals surface area (Å²) < 4.78 is 0. The van der Waals surface area contributed by atoms with Crippen molar-refractivity contribution in [1.29, 1.82) is 0 Å². The molecule has 1 fully saturated rings. The van der Waals surface area contributed by atoms with Crippen molar-refractivity contribution < 1.29 is 4.79 Å². The molecule has 0 amide bonds. The first kappa shape index (κ1) is 6.43. The average molecular weight is 151 g/mol. The molecule has 0 saturated carbocycles. The number of hydrogen-bond acceptors (Lipinski definition) is 2. The SMILES string of the molecule is O=C(Cl)[C@H]1CCCS1. The lowest BCUT2D eigenvalue weighted by molar-refractivity contribution is -0.111. The van der Waals surface area contributed by atoms with Gasteiger partial charge in [-0.15, -0.1) is 11.8 Å². The minimum absolute atomic E-state index is 0.108. The van der Waals surface area contributed by atoms with Crippen LogP contribution < -0.4 is 0 Å². The molecule has 0 aromatic carbocycles. The molecule has 0 spiro atoms. The summed E-state index contributed by atoms with van der Waals surface area (Å²) in [7, 11) is 0. The molecule has 1 rings (SSSR count). The van der Waals surface area contributed by atoms with Gasteiger partial charge in [0.25, 0.3) is 0 Å². The van der Waals surface area contributed by atoms with Crippen molar-refractivity contribution in [3.05, 3.63) is 0 Å². The molecule has 3 heteroatoms. The summed E-state index contributed by atoms with van der Waals surface area (Å²) in [6, 6.07) is 0. The largest absolute Gasteiger partial charge is 0.280 e. The molecule has 0 aromatic rings. The summed E-state index contributed by atoms with van der Waals surface area (Å²) in [5, 5.41) is -0.0656. The Bertz CT molecular complexity index is 98.6. The second-order valence-corrected chi connectivity index (χ2v) is 3.49. The molecule has 8 heavy (non-hydrogen) atoms. The predicted molar refractivity (Wildman–Crippen MR) is 36.3 cm³/mol. The lowest BCUT2D eigenvalue weighted by Gasteiger charge is -1.96. The van der Waals surface area contributed by atoms with Crippen LogP contribution in [-0.2, 0) is 4.79 Å². The van der Waals surface area contributed by atoms with E-state index in [-0.39, 0.29) is 10.5 Å². The van der Waals surface area contributed by atoms with Crippen LogP contribution in [-0.4, -0.2) is 16.2 Å². The number of hydrogen-bond donors (Lipinski definition) is 0. The smallest absolute Gasteiger partial charge is 0.234 e. The van der Waals surface area contributed by atoms with Crippen LogP contribution in [0.3, 0.4) is 0 Å². The first-order valence-electron chi connectivity index (χ1n) is 2.61. The highest BCUT2D eigenvalue weighted by Gasteiger charge is 2.20. The first-order chi connectivity index (χ1) is 3.80. The summed E-state index contributed by atoms with van der Waals surface area (Å²) in [4.78, 5) is 10.4. The number of rotatable bonds is 1. The normalized spacial score (nSPS) is 28.4. The third-order valence-electron chi connectivity index (χ3n) is 1.18. The molecule has 0 aromatic heterocycles. The Labute approximate surface area is 57.8 Å². The Morgan fingerprint density at radius 1 is 1.75 bits per heavy atom. The van der Waals surface area contributed by atoms with E-state index in [2.05, 4.69) is 0 Å². The zero-order valence-electron chi connectivity index (χ0n) is 4.39. The van der Waals surface area contributed by atoms with E-state index in [1.54, 1.807) is 11.8 Å². The number of thioether (sulfide) groups is 1. The van der Waals surface area contributed by atoms with Crippen molar-refractivity contribution in [2.75, 3.05) is 5.75 Å². The van der Waals surface area contributed by atoms with Crippen LogP contribution in [0.25, 0.3) is 0 Å². The van der Waals surface area contributed by atoms with Gasteiger partial charge in [0.2, 0.25) is 5.24 Å². The van der Waals surface area contributed by atoms with Gasteiger partial charge in [-0.3, -0.25) is 4.79 Å². The zero-order valence-corrected chi connectivity index (χ0v) is 5.97. The van der Waals surface area contributed by atoms with Gasteiger partial charge in [0.1, 0.15) is 0 Å². The molecule has 1 nitrogen and oxygen atoms in total. The van der Waals surface area contributed by atoms with E-state index in [0.29, 0.717) is 0 Å². The number of carbonyl (C=O) groups excluding carboxylic acids is 1. The van der Waals surface area contributed by atoms with Crippen LogP contribution in [0.1, 0.15) is 12.8 Å². The lowest BCUT2D eigenvalue weighted by atomic mass is 10.3. The summed E-state index contributed by atoms with van der Waals surface area (Å²) >= 11 is 6.89. The maximum atomic E-state index is 10.4. The van der Waals surface area contributed by atoms with Crippen LogP contribution in [0.5, 0.6) is 0 Å². The maximum absolute atomic E-state index is 10.4. The Hall–Kier alpha value is 0.310. The second kappa shape index (κ2) is 2.74. The Morgan fingerprint density at radius 2 is 2.50 bits per heavy atom. The number of carbonyl (C=O) groups is 1. The summed E-state index contributed by atoms with van der Waals surface area (Å²) in [6.45, 7) is 0. The van der Waals surface area contributed by atoms with Gasteiger partial charge >= 0.3 is 0 Å². The summed E-state index contributed by atoms with van der Waals surface area (Å²) in [5.74, 6) is 1.10. The zero-order chi connectivity index (χ0) is 5.98. The van der Waals surface area contributed by atoms with Crippen molar-refractivity contribution in [1.82, 2.24) is 0 Å². The van der Waals surface area contributed by atoms with Crippen molar-refractivity contribution in [2.45, 2.75) is 18.1 Å². The standard InChI is InChI=1S/C5H7ClOS/c6-5(7)4-2-1-3-8-4/h4H,1-3H2/t4-/m1/s1. The third kappa shape index (κ3) is 1.39. The molecule has 1 aliphatic rings. The minimum Gasteiger partial charge on any atom is -0.280 e. The van der Waals surface area contributed by atoms with E-state index >= 15 is 0 Å². The molecule has 1 aliphatic heterocycles. The van der Waals surface area contributed by atoms with E-state index in [9.17, 15) is 4.79 Å². The summed E-state index contributed by atoms with van der Waals surface area (Å²) in [6.07, 6.45) is 2.13. The van der Waals surface area contributed by atoms with Crippen molar-refractivity contribution in [3.8, 4) is 0 Å². The van der Waals surface area contributed by atoms with Gasteiger partial charge in [-0.25, -0.2) is 0 Å². The van der Waals surface area contributed by atoms with Gasteiger partial charge in [-0.2, -0.15) is 0 Å². The highest BCUT2D eigenvalue weighted by atomic mass is 35.5. The lowest BCUT2D eigenvalue weighted by Crippen LogP contribution is -2.04. The maximum Gasteiger partial charge on any atom is 0.234 e. The molecule has 0 N–H and O–H groups in total. The Balaban J connectivity index is 2.35. The van der Waals surface area contributed by atoms with Crippen molar-refractivity contribution >= 4 is 28.6 Å². The van der Waals surface area contributed by atoms with Gasteiger partial charge in [-0.05, 0) is 30.2 Å². The van der Waals surface area contributed by atoms with Crippen LogP contribution in [0.15, 0.2) is 0 Å². The van der Waals surface area contributed by atoms with E-state index in [1.807, 2.05) is 0 Å². The highest BCUT2D eigenvalue weighted by Crippen LogP contribution is 2.27. The van der Waals surface area contributed by atoms with Crippen LogP contribution in [0.2, 0.25) is 0 Å². The Kier molecular flexibility index (Phi) is 2.20. The van der Waals surface area contributed by atoms with E-state index < -0.39 is 0 Å². The van der Waals surface area contributed by atoms with Crippen LogP contribution in [0.4, 0.5) is 0 Å². The van der Waals surface area contributed by atoms with E-state index in [4.69, 9.17) is 11.6 Å². The molecule has 0 bridgehead atoms. The Morgan fingerprint density at radius 3 is 2.75 bits per heavy atom. The van der Waals surface area contributed by atoms with Gasteiger partial charge < -0.3 is 0 Å². The molecule has 0 radical (unpaired) electrons. The fourth-order valence-electron chi connectivity index (χ4n) is 0.757. The molecule has 0 unspecified atom stereocenters. The second-order valence-electron chi connectivity index (χ2n) is 1.81. The molecular weight excluding hydrogens is 144 g/mol. The molecule has 1 saturated heterocycles. The third-order valence-corrected chi connectivity index (χ3v) is 2.95. The molecule has 1 heterocycles. The van der Waals surface area contributed by atoms with Gasteiger partial charge in [0, 0.05) is 0 Å². The average Bonchev–Trinajstić information content (AvgIpc) is 2.12. The van der Waals surface area contributed by atoms with E-state index in [1.165, 1.54) is 0 Å². The topological polar surface area (TPSA) is 17.1 Å². The van der Waals surface area contributed by atoms with Gasteiger partial charge in [-0.1, -0.05) is 0 Å². The first-order valence-corrected chi connectivity index (χ1v) is 4.04. The van der Waals surface area contributed by atoms with Crippen LogP contribution >= 0.6 is 23.4 Å². The van der Waals surface area contributed by atoms with Crippen molar-refractivity contribution in [2.24, 2.45) is 0 Å².